The molecule has 0 spiro atoms. The summed E-state index contributed by atoms with van der Waals surface area (Å²) in [6.07, 6.45) is 8.13. The Morgan fingerprint density at radius 3 is 2.50 bits per heavy atom. The van der Waals surface area contributed by atoms with Crippen LogP contribution in [0.2, 0.25) is 0 Å². The van der Waals surface area contributed by atoms with Crippen molar-refractivity contribution in [1.29, 1.82) is 0 Å². The molecule has 3 atom stereocenters. The lowest BCUT2D eigenvalue weighted by Crippen LogP contribution is -2.33. The minimum absolute atomic E-state index is 0.523. The third kappa shape index (κ3) is 4.94. The van der Waals surface area contributed by atoms with Crippen molar-refractivity contribution in [3.63, 3.8) is 0 Å². The van der Waals surface area contributed by atoms with Crippen molar-refractivity contribution in [2.75, 3.05) is 0 Å². The molecule has 1 aliphatic rings. The van der Waals surface area contributed by atoms with E-state index < -0.39 is 0 Å². The Labute approximate surface area is 125 Å². The van der Waals surface area contributed by atoms with Crippen molar-refractivity contribution in [2.24, 2.45) is 11.8 Å². The number of nitrogens with one attached hydrogen (secondary N) is 1. The Morgan fingerprint density at radius 1 is 1.05 bits per heavy atom. The van der Waals surface area contributed by atoms with Crippen molar-refractivity contribution in [2.45, 2.75) is 71.4 Å². The fourth-order valence-electron chi connectivity index (χ4n) is 3.40. The van der Waals surface area contributed by atoms with Gasteiger partial charge in [-0.15, -0.1) is 0 Å². The van der Waals surface area contributed by atoms with Crippen LogP contribution in [-0.4, -0.2) is 6.04 Å². The minimum Gasteiger partial charge on any atom is -0.307 e. The van der Waals surface area contributed by atoms with Crippen LogP contribution in [0.25, 0.3) is 0 Å². The summed E-state index contributed by atoms with van der Waals surface area (Å²) in [5.41, 5.74) is 1.46. The number of benzene rings is 1. The summed E-state index contributed by atoms with van der Waals surface area (Å²) in [6, 6.07) is 12.2. The summed E-state index contributed by atoms with van der Waals surface area (Å²) >= 11 is 0. The molecule has 0 aliphatic heterocycles. The Morgan fingerprint density at radius 2 is 1.80 bits per heavy atom. The van der Waals surface area contributed by atoms with E-state index >= 15 is 0 Å². The van der Waals surface area contributed by atoms with E-state index in [1.165, 1.54) is 44.1 Å². The first-order valence-electron chi connectivity index (χ1n) is 8.46. The van der Waals surface area contributed by atoms with Crippen molar-refractivity contribution in [1.82, 2.24) is 5.32 Å². The van der Waals surface area contributed by atoms with Crippen LogP contribution in [0.5, 0.6) is 0 Å². The number of hydrogen-bond acceptors (Lipinski definition) is 1. The molecule has 1 nitrogen and oxygen atoms in total. The van der Waals surface area contributed by atoms with Crippen LogP contribution >= 0.6 is 0 Å². The van der Waals surface area contributed by atoms with Gasteiger partial charge in [-0.1, -0.05) is 63.9 Å². The lowest BCUT2D eigenvalue weighted by Gasteiger charge is -2.27. The third-order valence-corrected chi connectivity index (χ3v) is 4.60. The zero-order chi connectivity index (χ0) is 14.4. The lowest BCUT2D eigenvalue weighted by atomic mass is 9.95. The molecule has 1 fully saturated rings. The van der Waals surface area contributed by atoms with Crippen molar-refractivity contribution in [3.05, 3.63) is 35.9 Å². The molecule has 0 saturated heterocycles. The molecule has 2 rings (SSSR count). The van der Waals surface area contributed by atoms with E-state index in [0.717, 1.165) is 11.8 Å². The lowest BCUT2D eigenvalue weighted by molar-refractivity contribution is 0.353. The largest absolute Gasteiger partial charge is 0.307 e. The van der Waals surface area contributed by atoms with Gasteiger partial charge in [-0.25, -0.2) is 0 Å². The molecular weight excluding hydrogens is 242 g/mol. The first-order chi connectivity index (χ1) is 9.65. The zero-order valence-electron chi connectivity index (χ0n) is 13.4. The maximum atomic E-state index is 3.96. The fraction of sp³-hybridized carbons (Fsp3) is 0.684. The van der Waals surface area contributed by atoms with E-state index in [1.807, 2.05) is 0 Å². The summed E-state index contributed by atoms with van der Waals surface area (Å²) in [5, 5.41) is 3.96. The van der Waals surface area contributed by atoms with Crippen molar-refractivity contribution < 1.29 is 0 Å². The van der Waals surface area contributed by atoms with Gasteiger partial charge in [0.05, 0.1) is 0 Å². The molecule has 1 aromatic carbocycles. The highest BCUT2D eigenvalue weighted by Crippen LogP contribution is 2.27. The molecule has 1 aromatic rings. The van der Waals surface area contributed by atoms with Crippen LogP contribution in [0, 0.1) is 11.8 Å². The molecule has 1 saturated carbocycles. The van der Waals surface area contributed by atoms with Gasteiger partial charge in [0.1, 0.15) is 0 Å². The van der Waals surface area contributed by atoms with Crippen LogP contribution < -0.4 is 5.32 Å². The van der Waals surface area contributed by atoms with Crippen LogP contribution in [-0.2, 0) is 0 Å². The molecular formula is C19H31N. The molecule has 0 amide bonds. The van der Waals surface area contributed by atoms with Gasteiger partial charge in [-0.05, 0) is 43.1 Å². The van der Waals surface area contributed by atoms with Crippen LogP contribution in [0.3, 0.4) is 0 Å². The van der Waals surface area contributed by atoms with E-state index in [9.17, 15) is 0 Å². The van der Waals surface area contributed by atoms with Crippen LogP contribution in [0.15, 0.2) is 30.3 Å². The van der Waals surface area contributed by atoms with Crippen LogP contribution in [0.1, 0.15) is 70.9 Å². The predicted octanol–water partition coefficient (Wildman–Crippen LogP) is 5.33. The normalized spacial score (nSPS) is 25.4. The van der Waals surface area contributed by atoms with Gasteiger partial charge in [0.2, 0.25) is 0 Å². The highest BCUT2D eigenvalue weighted by atomic mass is 14.9. The summed E-state index contributed by atoms with van der Waals surface area (Å²) in [7, 11) is 0. The maximum Gasteiger partial charge on any atom is 0.0325 e. The first kappa shape index (κ1) is 15.6. The Kier molecular flexibility index (Phi) is 6.09. The smallest absolute Gasteiger partial charge is 0.0325 e. The molecule has 20 heavy (non-hydrogen) atoms. The van der Waals surface area contributed by atoms with Crippen molar-refractivity contribution >= 4 is 0 Å². The van der Waals surface area contributed by atoms with Gasteiger partial charge in [0.25, 0.3) is 0 Å². The van der Waals surface area contributed by atoms with E-state index in [4.69, 9.17) is 0 Å². The molecule has 1 aliphatic carbocycles. The van der Waals surface area contributed by atoms with E-state index in [0.29, 0.717) is 12.1 Å². The second-order valence-electron chi connectivity index (χ2n) is 7.07. The molecule has 1 heteroatoms. The highest BCUT2D eigenvalue weighted by Gasteiger charge is 2.20. The Bertz CT molecular complexity index is 371. The fourth-order valence-corrected chi connectivity index (χ4v) is 3.40. The summed E-state index contributed by atoms with van der Waals surface area (Å²) in [5.74, 6) is 1.65. The molecule has 0 heterocycles. The first-order valence-corrected chi connectivity index (χ1v) is 8.46. The van der Waals surface area contributed by atoms with Gasteiger partial charge >= 0.3 is 0 Å². The average molecular weight is 273 g/mol. The topological polar surface area (TPSA) is 12.0 Å². The van der Waals surface area contributed by atoms with Crippen LogP contribution in [0.4, 0.5) is 0 Å². The molecule has 112 valence electrons. The number of hydrogen-bond donors (Lipinski definition) is 1. The van der Waals surface area contributed by atoms with E-state index in [-0.39, 0.29) is 0 Å². The van der Waals surface area contributed by atoms with Gasteiger partial charge < -0.3 is 5.32 Å². The standard InChI is InChI=1S/C19H31N/c1-15(2)14-19(17-9-5-4-6-10-17)20-18-11-7-8-16(3)12-13-18/h4-6,9-10,15-16,18-20H,7-8,11-14H2,1-3H3. The molecule has 0 aromatic heterocycles. The maximum absolute atomic E-state index is 3.96. The second-order valence-corrected chi connectivity index (χ2v) is 7.07. The average Bonchev–Trinajstić information content (AvgIpc) is 2.63. The molecule has 3 unspecified atom stereocenters. The van der Waals surface area contributed by atoms with Gasteiger partial charge in [0.15, 0.2) is 0 Å². The monoisotopic (exact) mass is 273 g/mol. The van der Waals surface area contributed by atoms with Gasteiger partial charge in [-0.2, -0.15) is 0 Å². The van der Waals surface area contributed by atoms with Crippen molar-refractivity contribution in [3.8, 4) is 0 Å². The highest BCUT2D eigenvalue weighted by molar-refractivity contribution is 5.19. The van der Waals surface area contributed by atoms with Gasteiger partial charge in [-0.3, -0.25) is 0 Å². The zero-order valence-corrected chi connectivity index (χ0v) is 13.4. The van der Waals surface area contributed by atoms with E-state index in [2.05, 4.69) is 56.4 Å². The molecule has 0 radical (unpaired) electrons. The molecule has 0 bridgehead atoms. The quantitative estimate of drug-likeness (QED) is 0.715. The van der Waals surface area contributed by atoms with Gasteiger partial charge in [0, 0.05) is 12.1 Å². The SMILES string of the molecule is CC(C)CC(NC1CCCC(C)CC1)c1ccccc1. The predicted molar refractivity (Wildman–Crippen MR) is 87.8 cm³/mol. The summed E-state index contributed by atoms with van der Waals surface area (Å²) in [4.78, 5) is 0. The second kappa shape index (κ2) is 7.83. The molecule has 1 N–H and O–H groups in total. The summed E-state index contributed by atoms with van der Waals surface area (Å²) in [6.45, 7) is 7.06. The van der Waals surface area contributed by atoms with E-state index in [1.54, 1.807) is 0 Å². The Balaban J connectivity index is 2.00. The Hall–Kier alpha value is -0.820. The third-order valence-electron chi connectivity index (χ3n) is 4.60. The summed E-state index contributed by atoms with van der Waals surface area (Å²) < 4.78 is 0. The number of rotatable bonds is 5. The minimum atomic E-state index is 0.523.